The summed E-state index contributed by atoms with van der Waals surface area (Å²) in [6.07, 6.45) is 1.18. The highest BCUT2D eigenvalue weighted by atomic mass is 35.5. The maximum Gasteiger partial charge on any atom is 0.356 e. The molecule has 0 saturated carbocycles. The van der Waals surface area contributed by atoms with Gasteiger partial charge in [-0.15, -0.1) is 0 Å². The third-order valence-corrected chi connectivity index (χ3v) is 2.56. The fourth-order valence-electron chi connectivity index (χ4n) is 1.39. The van der Waals surface area contributed by atoms with Crippen LogP contribution in [0.25, 0.3) is 11.4 Å². The maximum atomic E-state index is 10.9. The number of hydrogen-bond acceptors (Lipinski definition) is 5. The first kappa shape index (κ1) is 12.9. The summed E-state index contributed by atoms with van der Waals surface area (Å²) >= 11 is 5.65. The fourth-order valence-corrected chi connectivity index (χ4v) is 1.56. The van der Waals surface area contributed by atoms with Crippen molar-refractivity contribution >= 4 is 23.3 Å². The number of aromatic carboxylic acids is 1. The molecule has 0 saturated heterocycles. The van der Waals surface area contributed by atoms with Gasteiger partial charge in [0.25, 0.3) is 5.69 Å². The summed E-state index contributed by atoms with van der Waals surface area (Å²) < 4.78 is 0. The van der Waals surface area contributed by atoms with Gasteiger partial charge in [0.15, 0.2) is 11.5 Å². The van der Waals surface area contributed by atoms with Crippen molar-refractivity contribution in [3.05, 3.63) is 51.3 Å². The molecule has 0 aliphatic rings. The zero-order chi connectivity index (χ0) is 14.0. The van der Waals surface area contributed by atoms with Crippen LogP contribution in [0.3, 0.4) is 0 Å². The first-order chi connectivity index (χ1) is 8.99. The van der Waals surface area contributed by atoms with Crippen LogP contribution in [0.4, 0.5) is 5.69 Å². The maximum absolute atomic E-state index is 10.9. The van der Waals surface area contributed by atoms with Crippen molar-refractivity contribution in [2.45, 2.75) is 0 Å². The molecule has 0 aliphatic carbocycles. The van der Waals surface area contributed by atoms with E-state index in [-0.39, 0.29) is 22.2 Å². The molecule has 0 unspecified atom stereocenters. The molecule has 96 valence electrons. The fraction of sp³-hybridized carbons (Fsp3) is 0. The van der Waals surface area contributed by atoms with E-state index in [1.165, 1.54) is 30.5 Å². The Morgan fingerprint density at radius 3 is 2.47 bits per heavy atom. The number of carboxylic acid groups (broad SMARTS) is 1. The average molecular weight is 280 g/mol. The minimum absolute atomic E-state index is 0.0711. The number of nitro groups is 1. The zero-order valence-electron chi connectivity index (χ0n) is 9.28. The van der Waals surface area contributed by atoms with Crippen LogP contribution in [0, 0.1) is 10.1 Å². The second kappa shape index (κ2) is 4.99. The van der Waals surface area contributed by atoms with Crippen LogP contribution in [-0.4, -0.2) is 26.0 Å². The van der Waals surface area contributed by atoms with Crippen molar-refractivity contribution in [3.63, 3.8) is 0 Å². The number of nitrogens with zero attached hydrogens (tertiary/aromatic N) is 3. The molecule has 2 aromatic rings. The molecule has 1 heterocycles. The number of aromatic nitrogens is 2. The van der Waals surface area contributed by atoms with Gasteiger partial charge in [-0.2, -0.15) is 0 Å². The van der Waals surface area contributed by atoms with Gasteiger partial charge < -0.3 is 5.11 Å². The molecule has 0 spiro atoms. The number of carboxylic acids is 1. The lowest BCUT2D eigenvalue weighted by Crippen LogP contribution is -2.04. The van der Waals surface area contributed by atoms with Crippen LogP contribution in [0.2, 0.25) is 5.02 Å². The summed E-state index contributed by atoms with van der Waals surface area (Å²) in [5, 5.41) is 19.3. The van der Waals surface area contributed by atoms with Crippen molar-refractivity contribution in [3.8, 4) is 11.4 Å². The molecule has 8 heteroatoms. The zero-order valence-corrected chi connectivity index (χ0v) is 10.0. The number of rotatable bonds is 3. The number of nitro benzene ring substituents is 1. The van der Waals surface area contributed by atoms with E-state index in [0.29, 0.717) is 5.56 Å². The molecule has 1 aromatic heterocycles. The monoisotopic (exact) mass is 279 g/mol. The SMILES string of the molecule is O=C(O)c1nc(-c2ccc([N+](=O)[O-])cc2)ncc1Cl. The molecule has 0 fully saturated rings. The highest BCUT2D eigenvalue weighted by Gasteiger charge is 2.14. The number of carbonyl (C=O) groups is 1. The van der Waals surface area contributed by atoms with E-state index in [1.54, 1.807) is 0 Å². The van der Waals surface area contributed by atoms with Crippen LogP contribution in [-0.2, 0) is 0 Å². The van der Waals surface area contributed by atoms with Crippen molar-refractivity contribution in [2.24, 2.45) is 0 Å². The second-order valence-electron chi connectivity index (χ2n) is 3.50. The molecule has 7 nitrogen and oxygen atoms in total. The summed E-state index contributed by atoms with van der Waals surface area (Å²) in [5.74, 6) is -1.13. The molecule has 0 atom stereocenters. The van der Waals surface area contributed by atoms with Gasteiger partial charge >= 0.3 is 5.97 Å². The molecule has 1 aromatic carbocycles. The molecule has 2 rings (SSSR count). The minimum atomic E-state index is -1.27. The Morgan fingerprint density at radius 1 is 1.32 bits per heavy atom. The first-order valence-electron chi connectivity index (χ1n) is 4.99. The Hall–Kier alpha value is -2.54. The van der Waals surface area contributed by atoms with Crippen LogP contribution < -0.4 is 0 Å². The second-order valence-corrected chi connectivity index (χ2v) is 3.91. The Labute approximate surface area is 111 Å². The Morgan fingerprint density at radius 2 is 1.95 bits per heavy atom. The molecule has 0 bridgehead atoms. The predicted octanol–water partition coefficient (Wildman–Crippen LogP) is 2.40. The molecule has 0 aliphatic heterocycles. The van der Waals surface area contributed by atoms with Crippen molar-refractivity contribution in [1.29, 1.82) is 0 Å². The minimum Gasteiger partial charge on any atom is -0.476 e. The summed E-state index contributed by atoms with van der Waals surface area (Å²) in [6.45, 7) is 0. The van der Waals surface area contributed by atoms with Gasteiger partial charge in [0.1, 0.15) is 0 Å². The number of benzene rings is 1. The van der Waals surface area contributed by atoms with Crippen LogP contribution in [0.15, 0.2) is 30.5 Å². The van der Waals surface area contributed by atoms with E-state index in [9.17, 15) is 14.9 Å². The summed E-state index contributed by atoms with van der Waals surface area (Å²) in [5.41, 5.74) is 0.0750. The lowest BCUT2D eigenvalue weighted by Gasteiger charge is -2.02. The van der Waals surface area contributed by atoms with Gasteiger partial charge in [0, 0.05) is 17.7 Å². The van der Waals surface area contributed by atoms with E-state index in [2.05, 4.69) is 9.97 Å². The van der Waals surface area contributed by atoms with E-state index in [0.717, 1.165) is 0 Å². The van der Waals surface area contributed by atoms with Crippen molar-refractivity contribution in [2.75, 3.05) is 0 Å². The molecule has 1 N–H and O–H groups in total. The molecule has 0 radical (unpaired) electrons. The summed E-state index contributed by atoms with van der Waals surface area (Å²) in [7, 11) is 0. The molecule has 19 heavy (non-hydrogen) atoms. The average Bonchev–Trinajstić information content (AvgIpc) is 2.39. The van der Waals surface area contributed by atoms with Crippen LogP contribution >= 0.6 is 11.6 Å². The van der Waals surface area contributed by atoms with Gasteiger partial charge in [-0.1, -0.05) is 11.6 Å². The summed E-state index contributed by atoms with van der Waals surface area (Å²) in [4.78, 5) is 28.6. The Kier molecular flexibility index (Phi) is 3.39. The number of non-ortho nitro benzene ring substituents is 1. The van der Waals surface area contributed by atoms with Gasteiger partial charge in [-0.3, -0.25) is 10.1 Å². The number of halogens is 1. The van der Waals surface area contributed by atoms with Crippen molar-refractivity contribution < 1.29 is 14.8 Å². The van der Waals surface area contributed by atoms with Gasteiger partial charge in [-0.25, -0.2) is 14.8 Å². The highest BCUT2D eigenvalue weighted by Crippen LogP contribution is 2.21. The Bertz CT molecular complexity index is 657. The van der Waals surface area contributed by atoms with E-state index in [1.807, 2.05) is 0 Å². The largest absolute Gasteiger partial charge is 0.476 e. The standard InChI is InChI=1S/C11H6ClN3O4/c12-8-5-13-10(14-9(8)11(16)17)6-1-3-7(4-2-6)15(18)19/h1-5H,(H,16,17). The quantitative estimate of drug-likeness (QED) is 0.683. The predicted molar refractivity (Wildman–Crippen MR) is 66.1 cm³/mol. The third-order valence-electron chi connectivity index (χ3n) is 2.28. The van der Waals surface area contributed by atoms with Crippen LogP contribution in [0.1, 0.15) is 10.5 Å². The van der Waals surface area contributed by atoms with E-state index < -0.39 is 10.9 Å². The highest BCUT2D eigenvalue weighted by molar-refractivity contribution is 6.33. The Balaban J connectivity index is 2.44. The van der Waals surface area contributed by atoms with E-state index in [4.69, 9.17) is 16.7 Å². The molecular formula is C11H6ClN3O4. The van der Waals surface area contributed by atoms with E-state index >= 15 is 0 Å². The number of hydrogen-bond donors (Lipinski definition) is 1. The topological polar surface area (TPSA) is 106 Å². The van der Waals surface area contributed by atoms with Gasteiger partial charge in [0.05, 0.1) is 16.1 Å². The van der Waals surface area contributed by atoms with Crippen LogP contribution in [0.5, 0.6) is 0 Å². The van der Waals surface area contributed by atoms with Gasteiger partial charge in [0.2, 0.25) is 0 Å². The normalized spacial score (nSPS) is 10.2. The molecular weight excluding hydrogens is 274 g/mol. The first-order valence-corrected chi connectivity index (χ1v) is 5.37. The van der Waals surface area contributed by atoms with Gasteiger partial charge in [-0.05, 0) is 12.1 Å². The lowest BCUT2D eigenvalue weighted by atomic mass is 10.2. The summed E-state index contributed by atoms with van der Waals surface area (Å²) in [6, 6.07) is 5.45. The molecule has 0 amide bonds. The van der Waals surface area contributed by atoms with Crippen molar-refractivity contribution in [1.82, 2.24) is 9.97 Å². The third kappa shape index (κ3) is 2.66. The smallest absolute Gasteiger partial charge is 0.356 e. The lowest BCUT2D eigenvalue weighted by molar-refractivity contribution is -0.384.